The summed E-state index contributed by atoms with van der Waals surface area (Å²) in [4.78, 5) is 24.3. The van der Waals surface area contributed by atoms with E-state index in [-0.39, 0.29) is 18.7 Å². The summed E-state index contributed by atoms with van der Waals surface area (Å²) >= 11 is 0. The molecule has 0 radical (unpaired) electrons. The molecule has 2 rings (SSSR count). The van der Waals surface area contributed by atoms with Gasteiger partial charge < -0.3 is 20.5 Å². The van der Waals surface area contributed by atoms with Crippen LogP contribution in [0.3, 0.4) is 0 Å². The zero-order valence-electron chi connectivity index (χ0n) is 14.0. The van der Waals surface area contributed by atoms with Gasteiger partial charge in [0.25, 0.3) is 5.91 Å². The van der Waals surface area contributed by atoms with E-state index in [4.69, 9.17) is 9.84 Å². The van der Waals surface area contributed by atoms with Gasteiger partial charge >= 0.3 is 5.97 Å². The Labute approximate surface area is 148 Å². The molecular weight excluding hydrogens is 346 g/mol. The Kier molecular flexibility index (Phi) is 6.62. The molecule has 0 heterocycles. The normalized spacial score (nSPS) is 11.5. The first kappa shape index (κ1) is 19.3. The number of halogens is 2. The highest BCUT2D eigenvalue weighted by atomic mass is 19.1. The first-order chi connectivity index (χ1) is 12.4. The van der Waals surface area contributed by atoms with Gasteiger partial charge in [0, 0.05) is 12.2 Å². The predicted molar refractivity (Wildman–Crippen MR) is 91.9 cm³/mol. The van der Waals surface area contributed by atoms with E-state index in [0.717, 1.165) is 12.1 Å². The van der Waals surface area contributed by atoms with Crippen molar-refractivity contribution in [3.63, 3.8) is 0 Å². The maximum atomic E-state index is 13.6. The second-order valence-electron chi connectivity index (χ2n) is 5.33. The molecule has 0 fully saturated rings. The molecule has 0 unspecified atom stereocenters. The SMILES string of the molecule is C[C@H](OC(=O)c1ccccc1NCCO)C(=O)Nc1c(F)cccc1F. The van der Waals surface area contributed by atoms with Crippen LogP contribution in [0, 0.1) is 11.6 Å². The number of esters is 1. The first-order valence-electron chi connectivity index (χ1n) is 7.83. The van der Waals surface area contributed by atoms with E-state index >= 15 is 0 Å². The molecule has 26 heavy (non-hydrogen) atoms. The molecule has 2 aromatic carbocycles. The second-order valence-corrected chi connectivity index (χ2v) is 5.33. The van der Waals surface area contributed by atoms with Crippen LogP contribution in [0.15, 0.2) is 42.5 Å². The molecule has 6 nitrogen and oxygen atoms in total. The molecule has 138 valence electrons. The fourth-order valence-corrected chi connectivity index (χ4v) is 2.13. The van der Waals surface area contributed by atoms with E-state index in [2.05, 4.69) is 10.6 Å². The quantitative estimate of drug-likeness (QED) is 0.657. The average molecular weight is 364 g/mol. The van der Waals surface area contributed by atoms with Gasteiger partial charge in [0.15, 0.2) is 6.10 Å². The van der Waals surface area contributed by atoms with Crippen LogP contribution < -0.4 is 10.6 Å². The number of carbonyl (C=O) groups is 2. The van der Waals surface area contributed by atoms with Crippen molar-refractivity contribution < 1.29 is 28.2 Å². The largest absolute Gasteiger partial charge is 0.449 e. The fraction of sp³-hybridized carbons (Fsp3) is 0.222. The summed E-state index contributed by atoms with van der Waals surface area (Å²) in [6, 6.07) is 9.57. The molecule has 1 atom stereocenters. The van der Waals surface area contributed by atoms with Crippen molar-refractivity contribution in [1.82, 2.24) is 0 Å². The number of ether oxygens (including phenoxy) is 1. The van der Waals surface area contributed by atoms with Crippen molar-refractivity contribution in [2.75, 3.05) is 23.8 Å². The molecule has 0 aliphatic heterocycles. The van der Waals surface area contributed by atoms with Crippen LogP contribution in [-0.4, -0.2) is 36.2 Å². The van der Waals surface area contributed by atoms with Crippen LogP contribution in [0.25, 0.3) is 0 Å². The smallest absolute Gasteiger partial charge is 0.341 e. The van der Waals surface area contributed by atoms with Crippen molar-refractivity contribution >= 4 is 23.3 Å². The highest BCUT2D eigenvalue weighted by Gasteiger charge is 2.22. The number of rotatable bonds is 7. The summed E-state index contributed by atoms with van der Waals surface area (Å²) in [5, 5.41) is 13.8. The lowest BCUT2D eigenvalue weighted by Crippen LogP contribution is -2.31. The van der Waals surface area contributed by atoms with Crippen molar-refractivity contribution in [1.29, 1.82) is 0 Å². The molecule has 1 amide bonds. The Balaban J connectivity index is 2.06. The number of carbonyl (C=O) groups excluding carboxylic acids is 2. The van der Waals surface area contributed by atoms with Crippen LogP contribution in [-0.2, 0) is 9.53 Å². The maximum Gasteiger partial charge on any atom is 0.341 e. The van der Waals surface area contributed by atoms with Gasteiger partial charge in [-0.15, -0.1) is 0 Å². The average Bonchev–Trinajstić information content (AvgIpc) is 2.63. The minimum Gasteiger partial charge on any atom is -0.449 e. The topological polar surface area (TPSA) is 87.7 Å². The van der Waals surface area contributed by atoms with E-state index in [1.54, 1.807) is 18.2 Å². The number of nitrogens with one attached hydrogen (secondary N) is 2. The van der Waals surface area contributed by atoms with Gasteiger partial charge in [0.1, 0.15) is 17.3 Å². The van der Waals surface area contributed by atoms with Crippen molar-refractivity contribution in [3.8, 4) is 0 Å². The number of aliphatic hydroxyl groups excluding tert-OH is 1. The van der Waals surface area contributed by atoms with Gasteiger partial charge in [-0.1, -0.05) is 18.2 Å². The summed E-state index contributed by atoms with van der Waals surface area (Å²) in [5.74, 6) is -3.53. The number of hydrogen-bond donors (Lipinski definition) is 3. The molecule has 8 heteroatoms. The lowest BCUT2D eigenvalue weighted by molar-refractivity contribution is -0.123. The van der Waals surface area contributed by atoms with Crippen molar-refractivity contribution in [2.24, 2.45) is 0 Å². The monoisotopic (exact) mass is 364 g/mol. The summed E-state index contributed by atoms with van der Waals surface area (Å²) in [6.45, 7) is 1.39. The standard InChI is InChI=1S/C18H18F2N2O4/c1-11(17(24)22-16-13(19)6-4-7-14(16)20)26-18(25)12-5-2-3-8-15(12)21-9-10-23/h2-8,11,21,23H,9-10H2,1H3,(H,22,24)/t11-/m0/s1. The number of anilines is 2. The van der Waals surface area contributed by atoms with Crippen LogP contribution >= 0.6 is 0 Å². The van der Waals surface area contributed by atoms with Crippen LogP contribution in [0.2, 0.25) is 0 Å². The predicted octanol–water partition coefficient (Wildman–Crippen LogP) is 2.55. The molecular formula is C18H18F2N2O4. The van der Waals surface area contributed by atoms with E-state index < -0.39 is 35.3 Å². The van der Waals surface area contributed by atoms with Gasteiger partial charge in [-0.25, -0.2) is 13.6 Å². The van der Waals surface area contributed by atoms with E-state index in [1.165, 1.54) is 19.1 Å². The van der Waals surface area contributed by atoms with Crippen LogP contribution in [0.4, 0.5) is 20.2 Å². The molecule has 0 bridgehead atoms. The highest BCUT2D eigenvalue weighted by molar-refractivity contribution is 5.99. The van der Waals surface area contributed by atoms with Gasteiger partial charge in [-0.05, 0) is 31.2 Å². The van der Waals surface area contributed by atoms with Crippen molar-refractivity contribution in [3.05, 3.63) is 59.7 Å². The number of benzene rings is 2. The van der Waals surface area contributed by atoms with E-state index in [0.29, 0.717) is 5.69 Å². The Morgan fingerprint density at radius 1 is 1.12 bits per heavy atom. The van der Waals surface area contributed by atoms with Gasteiger partial charge in [0.05, 0.1) is 12.2 Å². The summed E-state index contributed by atoms with van der Waals surface area (Å²) in [7, 11) is 0. The number of hydrogen-bond acceptors (Lipinski definition) is 5. The molecule has 0 saturated heterocycles. The van der Waals surface area contributed by atoms with E-state index in [1.807, 2.05) is 0 Å². The number of para-hydroxylation sites is 2. The summed E-state index contributed by atoms with van der Waals surface area (Å²) in [5.41, 5.74) is -0.0117. The Morgan fingerprint density at radius 2 is 1.77 bits per heavy atom. The number of aliphatic hydroxyl groups is 1. The molecule has 3 N–H and O–H groups in total. The lowest BCUT2D eigenvalue weighted by atomic mass is 10.1. The third-order valence-electron chi connectivity index (χ3n) is 3.44. The minimum absolute atomic E-state index is 0.129. The lowest BCUT2D eigenvalue weighted by Gasteiger charge is -2.16. The zero-order valence-corrected chi connectivity index (χ0v) is 14.0. The fourth-order valence-electron chi connectivity index (χ4n) is 2.13. The Hall–Kier alpha value is -3.00. The second kappa shape index (κ2) is 8.91. The Bertz CT molecular complexity index is 778. The van der Waals surface area contributed by atoms with Crippen LogP contribution in [0.1, 0.15) is 17.3 Å². The van der Waals surface area contributed by atoms with Gasteiger partial charge in [-0.3, -0.25) is 4.79 Å². The molecule has 0 aliphatic rings. The van der Waals surface area contributed by atoms with Crippen LogP contribution in [0.5, 0.6) is 0 Å². The third kappa shape index (κ3) is 4.76. The summed E-state index contributed by atoms with van der Waals surface area (Å²) in [6.07, 6.45) is -1.28. The highest BCUT2D eigenvalue weighted by Crippen LogP contribution is 2.20. The molecule has 2 aromatic rings. The number of amides is 1. The minimum atomic E-state index is -1.28. The van der Waals surface area contributed by atoms with E-state index in [9.17, 15) is 18.4 Å². The zero-order chi connectivity index (χ0) is 19.1. The Morgan fingerprint density at radius 3 is 2.42 bits per heavy atom. The van der Waals surface area contributed by atoms with Gasteiger partial charge in [0.2, 0.25) is 0 Å². The molecule has 0 aliphatic carbocycles. The third-order valence-corrected chi connectivity index (χ3v) is 3.44. The van der Waals surface area contributed by atoms with Crippen molar-refractivity contribution in [2.45, 2.75) is 13.0 Å². The summed E-state index contributed by atoms with van der Waals surface area (Å²) < 4.78 is 32.2. The first-order valence-corrected chi connectivity index (χ1v) is 7.83. The molecule has 0 aromatic heterocycles. The molecule has 0 saturated carbocycles. The maximum absolute atomic E-state index is 13.6. The van der Waals surface area contributed by atoms with Gasteiger partial charge in [-0.2, -0.15) is 0 Å². The molecule has 0 spiro atoms.